The molecule has 2 heterocycles. The van der Waals surface area contributed by atoms with Gasteiger partial charge in [-0.1, -0.05) is 26.8 Å². The van der Waals surface area contributed by atoms with Gasteiger partial charge < -0.3 is 20.4 Å². The molecule has 0 aromatic carbocycles. The number of thiophene rings is 1. The minimum atomic E-state index is 0.117. The van der Waals surface area contributed by atoms with E-state index in [1.165, 1.54) is 57.0 Å². The molecule has 1 aromatic heterocycles. The van der Waals surface area contributed by atoms with E-state index in [1.54, 1.807) is 0 Å². The zero-order chi connectivity index (χ0) is 18.8. The molecule has 2 N–H and O–H groups in total. The monoisotopic (exact) mass is 379 g/mol. The van der Waals surface area contributed by atoms with Gasteiger partial charge in [0, 0.05) is 56.6 Å². The fourth-order valence-electron chi connectivity index (χ4n) is 3.27. The predicted octanol–water partition coefficient (Wildman–Crippen LogP) is 2.61. The molecule has 6 heteroatoms. The largest absolute Gasteiger partial charge is 0.356 e. The van der Waals surface area contributed by atoms with Crippen LogP contribution in [0.15, 0.2) is 22.5 Å². The van der Waals surface area contributed by atoms with Crippen molar-refractivity contribution in [2.75, 3.05) is 59.4 Å². The summed E-state index contributed by atoms with van der Waals surface area (Å²) in [6.45, 7) is 16.0. The predicted molar refractivity (Wildman–Crippen MR) is 114 cm³/mol. The lowest BCUT2D eigenvalue weighted by molar-refractivity contribution is 0.136. The molecule has 1 aliphatic heterocycles. The van der Waals surface area contributed by atoms with Crippen molar-refractivity contribution in [1.29, 1.82) is 0 Å². The van der Waals surface area contributed by atoms with Gasteiger partial charge in [0.25, 0.3) is 0 Å². The van der Waals surface area contributed by atoms with Gasteiger partial charge in [0.15, 0.2) is 5.96 Å². The van der Waals surface area contributed by atoms with Crippen LogP contribution < -0.4 is 10.6 Å². The Morgan fingerprint density at radius 3 is 2.50 bits per heavy atom. The third kappa shape index (κ3) is 6.89. The van der Waals surface area contributed by atoms with Crippen LogP contribution in [0.3, 0.4) is 0 Å². The second-order valence-corrected chi connectivity index (χ2v) is 8.64. The van der Waals surface area contributed by atoms with E-state index in [0.29, 0.717) is 0 Å². The van der Waals surface area contributed by atoms with Gasteiger partial charge in [-0.25, -0.2) is 0 Å². The van der Waals surface area contributed by atoms with Gasteiger partial charge in [0.2, 0.25) is 0 Å². The third-order valence-corrected chi connectivity index (χ3v) is 6.45. The number of likely N-dealkylation sites (N-methyl/N-ethyl adjacent to an activating group) is 1. The number of aliphatic imine (C=N–C) groups is 1. The zero-order valence-corrected chi connectivity index (χ0v) is 17.9. The molecule has 1 aliphatic rings. The quantitative estimate of drug-likeness (QED) is 0.393. The Bertz CT molecular complexity index is 518. The molecular weight excluding hydrogens is 342 g/mol. The van der Waals surface area contributed by atoms with Crippen LogP contribution in [-0.4, -0.2) is 75.2 Å². The summed E-state index contributed by atoms with van der Waals surface area (Å²) in [4.78, 5) is 10.9. The maximum atomic E-state index is 4.36. The SMILES string of the molecule is CCN1CCN(CCCCNC(=NC)NCC(C)(C)c2cccs2)CC1. The molecule has 1 fully saturated rings. The van der Waals surface area contributed by atoms with Crippen LogP contribution in [0.5, 0.6) is 0 Å². The molecule has 0 atom stereocenters. The number of nitrogens with zero attached hydrogens (tertiary/aromatic N) is 3. The molecule has 0 radical (unpaired) electrons. The van der Waals surface area contributed by atoms with Crippen LogP contribution in [0.2, 0.25) is 0 Å². The van der Waals surface area contributed by atoms with Crippen molar-refractivity contribution in [2.24, 2.45) is 4.99 Å². The van der Waals surface area contributed by atoms with Crippen LogP contribution >= 0.6 is 11.3 Å². The Morgan fingerprint density at radius 2 is 1.88 bits per heavy atom. The van der Waals surface area contributed by atoms with E-state index < -0.39 is 0 Å². The molecule has 26 heavy (non-hydrogen) atoms. The summed E-state index contributed by atoms with van der Waals surface area (Å²) in [5.74, 6) is 0.909. The van der Waals surface area contributed by atoms with Crippen molar-refractivity contribution >= 4 is 17.3 Å². The average molecular weight is 380 g/mol. The van der Waals surface area contributed by atoms with Crippen LogP contribution in [0.4, 0.5) is 0 Å². The number of nitrogens with one attached hydrogen (secondary N) is 2. The van der Waals surface area contributed by atoms with Crippen molar-refractivity contribution in [3.05, 3.63) is 22.4 Å². The van der Waals surface area contributed by atoms with E-state index in [4.69, 9.17) is 0 Å². The Balaban J connectivity index is 1.58. The van der Waals surface area contributed by atoms with Crippen LogP contribution in [0.1, 0.15) is 38.5 Å². The molecule has 0 saturated carbocycles. The van der Waals surface area contributed by atoms with Gasteiger partial charge in [-0.05, 0) is 37.4 Å². The van der Waals surface area contributed by atoms with Gasteiger partial charge in [-0.2, -0.15) is 0 Å². The van der Waals surface area contributed by atoms with Crippen molar-refractivity contribution < 1.29 is 0 Å². The maximum absolute atomic E-state index is 4.36. The highest BCUT2D eigenvalue weighted by Gasteiger charge is 2.21. The number of piperazine rings is 1. The third-order valence-electron chi connectivity index (χ3n) is 5.22. The molecule has 1 aromatic rings. The molecule has 148 valence electrons. The average Bonchev–Trinajstić information content (AvgIpc) is 3.20. The summed E-state index contributed by atoms with van der Waals surface area (Å²) in [5.41, 5.74) is 0.117. The number of guanidine groups is 1. The van der Waals surface area contributed by atoms with Crippen molar-refractivity contribution in [1.82, 2.24) is 20.4 Å². The molecule has 0 spiro atoms. The number of hydrogen-bond acceptors (Lipinski definition) is 4. The molecule has 5 nitrogen and oxygen atoms in total. The Hall–Kier alpha value is -1.11. The summed E-state index contributed by atoms with van der Waals surface area (Å²) in [7, 11) is 1.85. The topological polar surface area (TPSA) is 42.9 Å². The highest BCUT2D eigenvalue weighted by atomic mass is 32.1. The van der Waals surface area contributed by atoms with E-state index in [2.05, 4.69) is 63.7 Å². The lowest BCUT2D eigenvalue weighted by atomic mass is 9.91. The molecule has 0 aliphatic carbocycles. The lowest BCUT2D eigenvalue weighted by Gasteiger charge is -2.34. The van der Waals surface area contributed by atoms with Crippen molar-refractivity contribution in [3.63, 3.8) is 0 Å². The zero-order valence-electron chi connectivity index (χ0n) is 17.1. The highest BCUT2D eigenvalue weighted by molar-refractivity contribution is 7.10. The molecule has 0 amide bonds. The minimum absolute atomic E-state index is 0.117. The molecule has 0 bridgehead atoms. The summed E-state index contributed by atoms with van der Waals surface area (Å²) < 4.78 is 0. The Morgan fingerprint density at radius 1 is 1.15 bits per heavy atom. The second kappa shape index (κ2) is 10.9. The van der Waals surface area contributed by atoms with E-state index in [1.807, 2.05) is 18.4 Å². The van der Waals surface area contributed by atoms with Gasteiger partial charge in [-0.15, -0.1) is 11.3 Å². The first kappa shape index (κ1) is 21.2. The summed E-state index contributed by atoms with van der Waals surface area (Å²) in [5, 5.41) is 9.08. The summed E-state index contributed by atoms with van der Waals surface area (Å²) in [6, 6.07) is 4.33. The van der Waals surface area contributed by atoms with Gasteiger partial charge >= 0.3 is 0 Å². The van der Waals surface area contributed by atoms with Gasteiger partial charge in [0.1, 0.15) is 0 Å². The first-order valence-corrected chi connectivity index (χ1v) is 10.9. The van der Waals surface area contributed by atoms with E-state index in [0.717, 1.165) is 19.0 Å². The fraction of sp³-hybridized carbons (Fsp3) is 0.750. The minimum Gasteiger partial charge on any atom is -0.356 e. The van der Waals surface area contributed by atoms with Crippen molar-refractivity contribution in [3.8, 4) is 0 Å². The fourth-order valence-corrected chi connectivity index (χ4v) is 4.12. The molecular formula is C20H37N5S. The van der Waals surface area contributed by atoms with E-state index in [-0.39, 0.29) is 5.41 Å². The highest BCUT2D eigenvalue weighted by Crippen LogP contribution is 2.26. The van der Waals surface area contributed by atoms with Crippen LogP contribution in [-0.2, 0) is 5.41 Å². The van der Waals surface area contributed by atoms with E-state index >= 15 is 0 Å². The summed E-state index contributed by atoms with van der Waals surface area (Å²) in [6.07, 6.45) is 2.43. The smallest absolute Gasteiger partial charge is 0.191 e. The standard InChI is InChI=1S/C20H37N5S/c1-5-24-12-14-25(15-13-24)11-7-6-10-22-19(21-4)23-17-20(2,3)18-9-8-16-26-18/h8-9,16H,5-7,10-15,17H2,1-4H3,(H2,21,22,23). The summed E-state index contributed by atoms with van der Waals surface area (Å²) >= 11 is 1.82. The number of hydrogen-bond donors (Lipinski definition) is 2. The maximum Gasteiger partial charge on any atom is 0.191 e. The first-order valence-electron chi connectivity index (χ1n) is 9.98. The number of unbranched alkanes of at least 4 members (excludes halogenated alkanes) is 1. The molecule has 0 unspecified atom stereocenters. The first-order chi connectivity index (χ1) is 12.5. The molecule has 1 saturated heterocycles. The van der Waals surface area contributed by atoms with Gasteiger partial charge in [-0.3, -0.25) is 4.99 Å². The van der Waals surface area contributed by atoms with Crippen LogP contribution in [0, 0.1) is 0 Å². The van der Waals surface area contributed by atoms with E-state index in [9.17, 15) is 0 Å². The van der Waals surface area contributed by atoms with Gasteiger partial charge in [0.05, 0.1) is 0 Å². The normalized spacial score (nSPS) is 17.5. The van der Waals surface area contributed by atoms with Crippen molar-refractivity contribution in [2.45, 2.75) is 39.0 Å². The lowest BCUT2D eigenvalue weighted by Crippen LogP contribution is -2.46. The Labute approximate surface area is 163 Å². The Kier molecular flexibility index (Phi) is 8.88. The molecule has 2 rings (SSSR count). The second-order valence-electron chi connectivity index (χ2n) is 7.70. The number of rotatable bonds is 9. The van der Waals surface area contributed by atoms with Crippen LogP contribution in [0.25, 0.3) is 0 Å².